The number of rotatable bonds is 8. The number of nitrogens with zero attached hydrogens (tertiary/aromatic N) is 2. The Morgan fingerprint density at radius 2 is 1.61 bits per heavy atom. The summed E-state index contributed by atoms with van der Waals surface area (Å²) < 4.78 is 31.9. The SMILES string of the molecule is CC(C)N(C)S(=O)(=O)c1ccc(C(=O)N(C)CCOc2ccc(Cl)cc2)cc1. The molecule has 2 aromatic carbocycles. The van der Waals surface area contributed by atoms with E-state index in [9.17, 15) is 13.2 Å². The van der Waals surface area contributed by atoms with Gasteiger partial charge in [0.25, 0.3) is 5.91 Å². The molecule has 0 saturated carbocycles. The van der Waals surface area contributed by atoms with E-state index in [2.05, 4.69) is 0 Å². The van der Waals surface area contributed by atoms with Gasteiger partial charge < -0.3 is 9.64 Å². The number of carbonyl (C=O) groups excluding carboxylic acids is 1. The summed E-state index contributed by atoms with van der Waals surface area (Å²) in [6, 6.07) is 12.8. The second-order valence-electron chi connectivity index (χ2n) is 6.67. The van der Waals surface area contributed by atoms with E-state index in [0.29, 0.717) is 29.5 Å². The lowest BCUT2D eigenvalue weighted by Gasteiger charge is -2.21. The van der Waals surface area contributed by atoms with E-state index in [1.807, 2.05) is 0 Å². The van der Waals surface area contributed by atoms with Crippen molar-refractivity contribution in [2.24, 2.45) is 0 Å². The highest BCUT2D eigenvalue weighted by molar-refractivity contribution is 7.89. The van der Waals surface area contributed by atoms with Crippen molar-refractivity contribution >= 4 is 27.5 Å². The van der Waals surface area contributed by atoms with Crippen LogP contribution >= 0.6 is 11.6 Å². The van der Waals surface area contributed by atoms with Crippen molar-refractivity contribution in [3.63, 3.8) is 0 Å². The highest BCUT2D eigenvalue weighted by Gasteiger charge is 2.23. The van der Waals surface area contributed by atoms with Crippen LogP contribution < -0.4 is 4.74 Å². The van der Waals surface area contributed by atoms with Gasteiger partial charge >= 0.3 is 0 Å². The van der Waals surface area contributed by atoms with Gasteiger partial charge in [-0.1, -0.05) is 11.6 Å². The summed E-state index contributed by atoms with van der Waals surface area (Å²) in [5.74, 6) is 0.468. The highest BCUT2D eigenvalue weighted by atomic mass is 35.5. The molecule has 8 heteroatoms. The van der Waals surface area contributed by atoms with Gasteiger partial charge in [-0.2, -0.15) is 4.31 Å². The van der Waals surface area contributed by atoms with Crippen LogP contribution in [0.4, 0.5) is 0 Å². The van der Waals surface area contributed by atoms with Crippen LogP contribution in [0.25, 0.3) is 0 Å². The molecule has 0 spiro atoms. The van der Waals surface area contributed by atoms with Crippen LogP contribution in [0.3, 0.4) is 0 Å². The first-order valence-electron chi connectivity index (χ1n) is 8.85. The van der Waals surface area contributed by atoms with E-state index in [1.54, 1.807) is 45.2 Å². The van der Waals surface area contributed by atoms with Crippen LogP contribution in [0.1, 0.15) is 24.2 Å². The molecule has 0 radical (unpaired) electrons. The smallest absolute Gasteiger partial charge is 0.253 e. The molecule has 0 atom stereocenters. The predicted molar refractivity (Wildman–Crippen MR) is 110 cm³/mol. The number of halogens is 1. The molecule has 28 heavy (non-hydrogen) atoms. The molecule has 2 rings (SSSR count). The molecular weight excluding hydrogens is 400 g/mol. The van der Waals surface area contributed by atoms with Crippen LogP contribution in [0, 0.1) is 0 Å². The molecule has 0 saturated heterocycles. The number of amides is 1. The summed E-state index contributed by atoms with van der Waals surface area (Å²) in [7, 11) is -0.363. The normalized spacial score (nSPS) is 11.7. The van der Waals surface area contributed by atoms with E-state index in [0.717, 1.165) is 0 Å². The van der Waals surface area contributed by atoms with E-state index >= 15 is 0 Å². The molecule has 0 N–H and O–H groups in total. The van der Waals surface area contributed by atoms with Gasteiger partial charge in [0.15, 0.2) is 0 Å². The minimum Gasteiger partial charge on any atom is -0.492 e. The van der Waals surface area contributed by atoms with Gasteiger partial charge in [-0.3, -0.25) is 4.79 Å². The van der Waals surface area contributed by atoms with E-state index in [4.69, 9.17) is 16.3 Å². The summed E-state index contributed by atoms with van der Waals surface area (Å²) in [4.78, 5) is 14.2. The monoisotopic (exact) mass is 424 g/mol. The second-order valence-corrected chi connectivity index (χ2v) is 9.10. The maximum Gasteiger partial charge on any atom is 0.253 e. The fraction of sp³-hybridized carbons (Fsp3) is 0.350. The van der Waals surface area contributed by atoms with Crippen molar-refractivity contribution in [3.05, 3.63) is 59.1 Å². The Kier molecular flexibility index (Phi) is 7.46. The number of carbonyl (C=O) groups is 1. The predicted octanol–water partition coefficient (Wildman–Crippen LogP) is 3.52. The zero-order valence-electron chi connectivity index (χ0n) is 16.4. The van der Waals surface area contributed by atoms with E-state index in [-0.39, 0.29) is 16.8 Å². The van der Waals surface area contributed by atoms with Gasteiger partial charge in [0.05, 0.1) is 11.4 Å². The van der Waals surface area contributed by atoms with Gasteiger partial charge in [0.2, 0.25) is 10.0 Å². The highest BCUT2D eigenvalue weighted by Crippen LogP contribution is 2.18. The van der Waals surface area contributed by atoms with Gasteiger partial charge in [-0.15, -0.1) is 0 Å². The number of sulfonamides is 1. The Bertz CT molecular complexity index is 897. The molecule has 0 heterocycles. The molecule has 1 amide bonds. The minimum absolute atomic E-state index is 0.155. The summed E-state index contributed by atoms with van der Waals surface area (Å²) in [6.45, 7) is 4.32. The first-order valence-corrected chi connectivity index (χ1v) is 10.7. The number of hydrogen-bond acceptors (Lipinski definition) is 4. The summed E-state index contributed by atoms with van der Waals surface area (Å²) in [5.41, 5.74) is 0.417. The quantitative estimate of drug-likeness (QED) is 0.650. The Morgan fingerprint density at radius 3 is 2.14 bits per heavy atom. The lowest BCUT2D eigenvalue weighted by molar-refractivity contribution is 0.0773. The zero-order valence-corrected chi connectivity index (χ0v) is 18.0. The van der Waals surface area contributed by atoms with Gasteiger partial charge in [0.1, 0.15) is 12.4 Å². The Balaban J connectivity index is 1.97. The van der Waals surface area contributed by atoms with Gasteiger partial charge in [-0.05, 0) is 62.4 Å². The Hall–Kier alpha value is -2.09. The fourth-order valence-corrected chi connectivity index (χ4v) is 3.86. The van der Waals surface area contributed by atoms with Gasteiger partial charge in [0, 0.05) is 30.7 Å². The Morgan fingerprint density at radius 1 is 1.04 bits per heavy atom. The maximum atomic E-state index is 12.5. The van der Waals surface area contributed by atoms with Gasteiger partial charge in [-0.25, -0.2) is 8.42 Å². The van der Waals surface area contributed by atoms with Crippen molar-refractivity contribution in [3.8, 4) is 5.75 Å². The van der Waals surface area contributed by atoms with Crippen LogP contribution in [0.15, 0.2) is 53.4 Å². The number of benzene rings is 2. The first-order chi connectivity index (χ1) is 13.1. The summed E-state index contributed by atoms with van der Waals surface area (Å²) in [6.07, 6.45) is 0. The number of ether oxygens (including phenoxy) is 1. The molecule has 0 bridgehead atoms. The second kappa shape index (κ2) is 9.41. The van der Waals surface area contributed by atoms with Crippen LogP contribution in [0.2, 0.25) is 5.02 Å². The maximum absolute atomic E-state index is 12.5. The topological polar surface area (TPSA) is 66.9 Å². The molecular formula is C20H25ClN2O4S. The largest absolute Gasteiger partial charge is 0.492 e. The third-order valence-electron chi connectivity index (χ3n) is 4.36. The van der Waals surface area contributed by atoms with E-state index < -0.39 is 10.0 Å². The molecule has 0 aromatic heterocycles. The van der Waals surface area contributed by atoms with Crippen molar-refractivity contribution in [2.75, 3.05) is 27.2 Å². The average Bonchev–Trinajstić information content (AvgIpc) is 2.68. The summed E-state index contributed by atoms with van der Waals surface area (Å²) in [5, 5.41) is 0.629. The van der Waals surface area contributed by atoms with Crippen LogP contribution in [-0.2, 0) is 10.0 Å². The average molecular weight is 425 g/mol. The molecule has 2 aromatic rings. The van der Waals surface area contributed by atoms with Crippen LogP contribution in [0.5, 0.6) is 5.75 Å². The number of likely N-dealkylation sites (N-methyl/N-ethyl adjacent to an activating group) is 1. The minimum atomic E-state index is -3.57. The molecule has 0 aliphatic rings. The lowest BCUT2D eigenvalue weighted by atomic mass is 10.2. The molecule has 0 aliphatic heterocycles. The van der Waals surface area contributed by atoms with Crippen molar-refractivity contribution < 1.29 is 17.9 Å². The first kappa shape index (κ1) is 22.2. The lowest BCUT2D eigenvalue weighted by Crippen LogP contribution is -2.33. The molecule has 6 nitrogen and oxygen atoms in total. The number of hydrogen-bond donors (Lipinski definition) is 0. The van der Waals surface area contributed by atoms with E-state index in [1.165, 1.54) is 40.5 Å². The standard InChI is InChI=1S/C20H25ClN2O4S/c1-15(2)23(4)28(25,26)19-11-5-16(6-12-19)20(24)22(3)13-14-27-18-9-7-17(21)8-10-18/h5-12,15H,13-14H2,1-4H3. The summed E-state index contributed by atoms with van der Waals surface area (Å²) >= 11 is 5.83. The zero-order chi connectivity index (χ0) is 20.9. The van der Waals surface area contributed by atoms with Crippen molar-refractivity contribution in [1.29, 1.82) is 0 Å². The Labute approximate surface area is 171 Å². The molecule has 0 fully saturated rings. The van der Waals surface area contributed by atoms with Crippen LogP contribution in [-0.4, -0.2) is 56.8 Å². The van der Waals surface area contributed by atoms with Crippen molar-refractivity contribution in [1.82, 2.24) is 9.21 Å². The third kappa shape index (κ3) is 5.47. The molecule has 0 unspecified atom stereocenters. The fourth-order valence-electron chi connectivity index (χ4n) is 2.37. The molecule has 152 valence electrons. The van der Waals surface area contributed by atoms with Crippen molar-refractivity contribution in [2.45, 2.75) is 24.8 Å². The third-order valence-corrected chi connectivity index (χ3v) is 6.66. The molecule has 0 aliphatic carbocycles.